The van der Waals surface area contributed by atoms with Crippen LogP contribution in [0.15, 0.2) is 77.9 Å². The number of rotatable bonds is 6. The van der Waals surface area contributed by atoms with Gasteiger partial charge in [-0.25, -0.2) is 4.98 Å². The molecule has 0 radical (unpaired) electrons. The van der Waals surface area contributed by atoms with E-state index in [1.165, 1.54) is 24.8 Å². The lowest BCUT2D eigenvalue weighted by Gasteiger charge is -2.37. The molecule has 0 aliphatic heterocycles. The highest BCUT2D eigenvalue weighted by Gasteiger charge is 2.24. The highest BCUT2D eigenvalue weighted by molar-refractivity contribution is 5.78. The van der Waals surface area contributed by atoms with Crippen LogP contribution in [0.1, 0.15) is 37.7 Å². The van der Waals surface area contributed by atoms with Crippen molar-refractivity contribution in [2.45, 2.75) is 44.7 Å². The molecule has 1 saturated carbocycles. The standard InChI is InChI=1S/C28H28N4O/c1-29-26-17-23(33)13-15-28(26)32(22-10-6-3-7-11-22)19-20-12-14-24-25(16-20)31-27(18-30-24)21-8-4-2-5-9-21/h2,4-5,8-9,12-18,22,33H,1,3,6-7,10-11,19H2. The third kappa shape index (κ3) is 4.58. The van der Waals surface area contributed by atoms with Gasteiger partial charge in [0.1, 0.15) is 5.75 Å². The molecule has 0 unspecified atom stereocenters. The quantitative estimate of drug-likeness (QED) is 0.343. The van der Waals surface area contributed by atoms with Crippen LogP contribution >= 0.6 is 0 Å². The summed E-state index contributed by atoms with van der Waals surface area (Å²) in [5.41, 5.74) is 6.63. The van der Waals surface area contributed by atoms with E-state index >= 15 is 0 Å². The summed E-state index contributed by atoms with van der Waals surface area (Å²) in [4.78, 5) is 16.2. The smallest absolute Gasteiger partial charge is 0.117 e. The van der Waals surface area contributed by atoms with Gasteiger partial charge in [-0.3, -0.25) is 9.98 Å². The minimum atomic E-state index is 0.208. The third-order valence-corrected chi connectivity index (χ3v) is 6.48. The zero-order chi connectivity index (χ0) is 22.6. The van der Waals surface area contributed by atoms with Crippen molar-refractivity contribution in [3.63, 3.8) is 0 Å². The molecule has 0 atom stereocenters. The summed E-state index contributed by atoms with van der Waals surface area (Å²) < 4.78 is 0. The van der Waals surface area contributed by atoms with Crippen molar-refractivity contribution in [2.24, 2.45) is 4.99 Å². The van der Waals surface area contributed by atoms with E-state index in [1.54, 1.807) is 12.1 Å². The fourth-order valence-electron chi connectivity index (χ4n) is 4.79. The van der Waals surface area contributed by atoms with E-state index in [1.807, 2.05) is 30.5 Å². The van der Waals surface area contributed by atoms with E-state index < -0.39 is 0 Å². The summed E-state index contributed by atoms with van der Waals surface area (Å²) in [6, 6.07) is 22.3. The van der Waals surface area contributed by atoms with Crippen molar-refractivity contribution in [1.82, 2.24) is 9.97 Å². The summed E-state index contributed by atoms with van der Waals surface area (Å²) in [7, 11) is 0. The number of benzene rings is 3. The summed E-state index contributed by atoms with van der Waals surface area (Å²) in [6.07, 6.45) is 7.91. The van der Waals surface area contributed by atoms with Crippen molar-refractivity contribution in [1.29, 1.82) is 0 Å². The molecule has 3 aromatic carbocycles. The molecule has 33 heavy (non-hydrogen) atoms. The molecule has 4 aromatic rings. The number of fused-ring (bicyclic) bond motifs is 1. The lowest BCUT2D eigenvalue weighted by atomic mass is 9.93. The highest BCUT2D eigenvalue weighted by atomic mass is 16.3. The van der Waals surface area contributed by atoms with Gasteiger partial charge in [0.05, 0.1) is 34.3 Å². The van der Waals surface area contributed by atoms with Gasteiger partial charge in [-0.15, -0.1) is 0 Å². The molecule has 0 saturated heterocycles. The van der Waals surface area contributed by atoms with Crippen LogP contribution in [0.2, 0.25) is 0 Å². The Morgan fingerprint density at radius 2 is 1.76 bits per heavy atom. The maximum Gasteiger partial charge on any atom is 0.117 e. The van der Waals surface area contributed by atoms with Gasteiger partial charge in [-0.2, -0.15) is 0 Å². The molecule has 1 fully saturated rings. The van der Waals surface area contributed by atoms with Gasteiger partial charge in [-0.05, 0) is 49.4 Å². The molecule has 1 aliphatic carbocycles. The molecule has 1 heterocycles. The minimum absolute atomic E-state index is 0.208. The normalized spacial score (nSPS) is 14.3. The number of nitrogens with zero attached hydrogens (tertiary/aromatic N) is 4. The number of aromatic nitrogens is 2. The van der Waals surface area contributed by atoms with Crippen LogP contribution in [-0.4, -0.2) is 27.8 Å². The number of anilines is 1. The lowest BCUT2D eigenvalue weighted by Crippen LogP contribution is -2.36. The number of hydrogen-bond acceptors (Lipinski definition) is 5. The summed E-state index contributed by atoms with van der Waals surface area (Å²) in [5.74, 6) is 0.208. The van der Waals surface area contributed by atoms with Crippen LogP contribution in [0, 0.1) is 0 Å². The lowest BCUT2D eigenvalue weighted by molar-refractivity contribution is 0.413. The second-order valence-electron chi connectivity index (χ2n) is 8.70. The van der Waals surface area contributed by atoms with Gasteiger partial charge in [0, 0.05) is 24.2 Å². The molecule has 0 spiro atoms. The van der Waals surface area contributed by atoms with Crippen LogP contribution in [0.3, 0.4) is 0 Å². The Balaban J connectivity index is 1.51. The predicted molar refractivity (Wildman–Crippen MR) is 135 cm³/mol. The van der Waals surface area contributed by atoms with E-state index in [9.17, 15) is 5.11 Å². The second kappa shape index (κ2) is 9.41. The first-order chi connectivity index (χ1) is 16.2. The number of aromatic hydroxyl groups is 1. The average Bonchev–Trinajstić information content (AvgIpc) is 2.88. The molecule has 5 heteroatoms. The summed E-state index contributed by atoms with van der Waals surface area (Å²) >= 11 is 0. The minimum Gasteiger partial charge on any atom is -0.508 e. The van der Waals surface area contributed by atoms with Gasteiger partial charge >= 0.3 is 0 Å². The Kier molecular flexibility index (Phi) is 6.03. The Morgan fingerprint density at radius 3 is 2.55 bits per heavy atom. The second-order valence-corrected chi connectivity index (χ2v) is 8.70. The molecule has 0 amide bonds. The number of phenolic OH excluding ortho intramolecular Hbond substituents is 1. The molecule has 166 valence electrons. The predicted octanol–water partition coefficient (Wildman–Crippen LogP) is 6.67. The van der Waals surface area contributed by atoms with E-state index in [-0.39, 0.29) is 5.75 Å². The SMILES string of the molecule is C=Nc1cc(O)ccc1N(Cc1ccc2ncc(-c3ccccc3)nc2c1)C1CCCCC1. The monoisotopic (exact) mass is 436 g/mol. The van der Waals surface area contributed by atoms with Crippen molar-refractivity contribution in [3.8, 4) is 17.0 Å². The topological polar surface area (TPSA) is 61.6 Å². The van der Waals surface area contributed by atoms with Gasteiger partial charge in [0.15, 0.2) is 0 Å². The largest absolute Gasteiger partial charge is 0.508 e. The van der Waals surface area contributed by atoms with Crippen LogP contribution in [0.5, 0.6) is 5.75 Å². The zero-order valence-corrected chi connectivity index (χ0v) is 18.7. The first-order valence-electron chi connectivity index (χ1n) is 11.6. The molecule has 1 aliphatic rings. The number of phenols is 1. The molecule has 1 N–H and O–H groups in total. The van der Waals surface area contributed by atoms with Gasteiger partial charge in [-0.1, -0.05) is 55.7 Å². The molecule has 5 rings (SSSR count). The van der Waals surface area contributed by atoms with Crippen LogP contribution in [-0.2, 0) is 6.54 Å². The van der Waals surface area contributed by atoms with Crippen molar-refractivity contribution >= 4 is 29.1 Å². The Morgan fingerprint density at radius 1 is 0.939 bits per heavy atom. The van der Waals surface area contributed by atoms with Gasteiger partial charge in [0.25, 0.3) is 0 Å². The Labute approximate surface area is 194 Å². The van der Waals surface area contributed by atoms with Crippen molar-refractivity contribution in [2.75, 3.05) is 4.90 Å². The van der Waals surface area contributed by atoms with Crippen LogP contribution in [0.4, 0.5) is 11.4 Å². The van der Waals surface area contributed by atoms with Crippen molar-refractivity contribution in [3.05, 3.63) is 78.5 Å². The third-order valence-electron chi connectivity index (χ3n) is 6.48. The maximum atomic E-state index is 9.97. The number of hydrogen-bond donors (Lipinski definition) is 1. The Bertz CT molecular complexity index is 1270. The van der Waals surface area contributed by atoms with E-state index in [0.29, 0.717) is 11.7 Å². The molecule has 0 bridgehead atoms. The fraction of sp³-hybridized carbons (Fsp3) is 0.250. The van der Waals surface area contributed by atoms with Gasteiger partial charge in [0.2, 0.25) is 0 Å². The summed E-state index contributed by atoms with van der Waals surface area (Å²) in [5, 5.41) is 9.97. The van der Waals surface area contributed by atoms with Crippen LogP contribution in [0.25, 0.3) is 22.3 Å². The average molecular weight is 437 g/mol. The number of aliphatic imine (C=N–C) groups is 1. The Hall–Kier alpha value is -3.73. The zero-order valence-electron chi connectivity index (χ0n) is 18.7. The summed E-state index contributed by atoms with van der Waals surface area (Å²) in [6.45, 7) is 4.48. The fourth-order valence-corrected chi connectivity index (χ4v) is 4.79. The molecular weight excluding hydrogens is 408 g/mol. The molecular formula is C28H28N4O. The van der Waals surface area contributed by atoms with Crippen molar-refractivity contribution < 1.29 is 5.11 Å². The maximum absolute atomic E-state index is 9.97. The van der Waals surface area contributed by atoms with E-state index in [4.69, 9.17) is 4.98 Å². The van der Waals surface area contributed by atoms with E-state index in [0.717, 1.165) is 47.4 Å². The van der Waals surface area contributed by atoms with E-state index in [2.05, 4.69) is 51.9 Å². The highest BCUT2D eigenvalue weighted by Crippen LogP contribution is 2.37. The molecule has 5 nitrogen and oxygen atoms in total. The van der Waals surface area contributed by atoms with Crippen LogP contribution < -0.4 is 4.90 Å². The first kappa shape index (κ1) is 21.1. The van der Waals surface area contributed by atoms with Gasteiger partial charge < -0.3 is 10.0 Å². The first-order valence-corrected chi connectivity index (χ1v) is 11.6. The molecule has 1 aromatic heterocycles.